The number of rotatable bonds is 4. The molecule has 0 amide bonds. The van der Waals surface area contributed by atoms with Gasteiger partial charge < -0.3 is 0 Å². The van der Waals surface area contributed by atoms with E-state index in [1.54, 1.807) is 18.5 Å². The van der Waals surface area contributed by atoms with Gasteiger partial charge in [0.15, 0.2) is 15.1 Å². The van der Waals surface area contributed by atoms with Crippen molar-refractivity contribution in [2.75, 3.05) is 6.54 Å². The number of halogens is 1. The zero-order chi connectivity index (χ0) is 13.5. The molecule has 0 aliphatic rings. The molecule has 0 spiro atoms. The maximum absolute atomic E-state index is 12.6. The first-order valence-corrected chi connectivity index (χ1v) is 8.22. The van der Waals surface area contributed by atoms with Crippen LogP contribution in [0.3, 0.4) is 0 Å². The molecule has 0 aromatic carbocycles. The second-order valence-corrected chi connectivity index (χ2v) is 7.10. The van der Waals surface area contributed by atoms with E-state index in [0.29, 0.717) is 11.5 Å². The Morgan fingerprint density at radius 2 is 2.22 bits per heavy atom. The highest BCUT2D eigenvalue weighted by molar-refractivity contribution is 7.89. The number of nitrogens with zero attached hydrogens (tertiary/aromatic N) is 3. The van der Waals surface area contributed by atoms with Gasteiger partial charge in [0.05, 0.1) is 0 Å². The molecule has 0 bridgehead atoms. The fourth-order valence-corrected chi connectivity index (χ4v) is 4.95. The Kier molecular flexibility index (Phi) is 3.68. The van der Waals surface area contributed by atoms with Crippen molar-refractivity contribution in [1.82, 2.24) is 13.7 Å². The number of sulfonamides is 1. The van der Waals surface area contributed by atoms with E-state index in [2.05, 4.69) is 4.98 Å². The first kappa shape index (κ1) is 13.8. The second kappa shape index (κ2) is 4.80. The maximum Gasteiger partial charge on any atom is 0.262 e. The predicted octanol–water partition coefficient (Wildman–Crippen LogP) is 2.47. The molecular formula is C10H14ClN3O2S2. The zero-order valence-corrected chi connectivity index (χ0v) is 12.7. The highest BCUT2D eigenvalue weighted by atomic mass is 35.5. The standard InChI is InChI=1S/C10H14ClN3O2S2/c1-4-14(7(2)3)18(15,16)9-8(11)12-10-13(9)5-6-17-10/h5-7H,4H2,1-3H3. The van der Waals surface area contributed by atoms with Gasteiger partial charge in [-0.25, -0.2) is 13.4 Å². The van der Waals surface area contributed by atoms with E-state index in [0.717, 1.165) is 0 Å². The normalized spacial score (nSPS) is 13.0. The topological polar surface area (TPSA) is 54.7 Å². The lowest BCUT2D eigenvalue weighted by molar-refractivity contribution is 0.367. The molecule has 2 heterocycles. The molecule has 0 aliphatic heterocycles. The minimum atomic E-state index is -3.63. The Bertz CT molecular complexity index is 660. The molecule has 2 aromatic heterocycles. The SMILES string of the molecule is CCN(C(C)C)S(=O)(=O)c1c(Cl)nc2sccn12. The number of imidazole rings is 1. The van der Waals surface area contributed by atoms with E-state index in [1.165, 1.54) is 20.0 Å². The van der Waals surface area contributed by atoms with Gasteiger partial charge in [-0.2, -0.15) is 4.31 Å². The van der Waals surface area contributed by atoms with Gasteiger partial charge in [-0.3, -0.25) is 4.40 Å². The quantitative estimate of drug-likeness (QED) is 0.872. The van der Waals surface area contributed by atoms with Crippen LogP contribution in [-0.2, 0) is 10.0 Å². The van der Waals surface area contributed by atoms with Gasteiger partial charge in [-0.15, -0.1) is 11.3 Å². The summed E-state index contributed by atoms with van der Waals surface area (Å²) in [5, 5.41) is 1.86. The smallest absolute Gasteiger partial charge is 0.262 e. The Labute approximate surface area is 115 Å². The van der Waals surface area contributed by atoms with Crippen molar-refractivity contribution < 1.29 is 8.42 Å². The molecule has 8 heteroatoms. The van der Waals surface area contributed by atoms with Crippen LogP contribution in [0.25, 0.3) is 4.96 Å². The van der Waals surface area contributed by atoms with Crippen LogP contribution < -0.4 is 0 Å². The maximum atomic E-state index is 12.6. The molecule has 0 atom stereocenters. The van der Waals surface area contributed by atoms with Crippen LogP contribution in [0, 0.1) is 0 Å². The summed E-state index contributed by atoms with van der Waals surface area (Å²) >= 11 is 7.32. The van der Waals surface area contributed by atoms with Crippen molar-refractivity contribution in [3.63, 3.8) is 0 Å². The van der Waals surface area contributed by atoms with E-state index in [1.807, 2.05) is 13.8 Å². The van der Waals surface area contributed by atoms with Crippen molar-refractivity contribution >= 4 is 37.9 Å². The molecule has 0 unspecified atom stereocenters. The first-order valence-electron chi connectivity index (χ1n) is 5.52. The Hall–Kier alpha value is -0.630. The monoisotopic (exact) mass is 307 g/mol. The molecule has 0 aliphatic carbocycles. The molecule has 2 rings (SSSR count). The molecule has 0 radical (unpaired) electrons. The van der Waals surface area contributed by atoms with Crippen LogP contribution >= 0.6 is 22.9 Å². The number of thiazole rings is 1. The van der Waals surface area contributed by atoms with Gasteiger partial charge in [0.1, 0.15) is 0 Å². The number of fused-ring (bicyclic) bond motifs is 1. The lowest BCUT2D eigenvalue weighted by Crippen LogP contribution is -2.37. The molecule has 5 nitrogen and oxygen atoms in total. The molecular weight excluding hydrogens is 294 g/mol. The van der Waals surface area contributed by atoms with Crippen LogP contribution in [0.1, 0.15) is 20.8 Å². The zero-order valence-electron chi connectivity index (χ0n) is 10.3. The summed E-state index contributed by atoms with van der Waals surface area (Å²) in [5.41, 5.74) is 0. The Morgan fingerprint density at radius 3 is 2.78 bits per heavy atom. The van der Waals surface area contributed by atoms with Gasteiger partial charge in [0.25, 0.3) is 10.0 Å². The third-order valence-electron chi connectivity index (χ3n) is 2.62. The van der Waals surface area contributed by atoms with Gasteiger partial charge in [-0.05, 0) is 13.8 Å². The van der Waals surface area contributed by atoms with Crippen molar-refractivity contribution in [3.8, 4) is 0 Å². The van der Waals surface area contributed by atoms with Crippen molar-refractivity contribution in [3.05, 3.63) is 16.7 Å². The van der Waals surface area contributed by atoms with Crippen LogP contribution in [-0.4, -0.2) is 34.7 Å². The molecule has 0 N–H and O–H groups in total. The minimum Gasteiger partial charge on any atom is -0.279 e. The molecule has 0 saturated carbocycles. The molecule has 0 fully saturated rings. The van der Waals surface area contributed by atoms with Crippen LogP contribution in [0.5, 0.6) is 0 Å². The third-order valence-corrected chi connectivity index (χ3v) is 5.93. The summed E-state index contributed by atoms with van der Waals surface area (Å²) in [6, 6.07) is -0.125. The van der Waals surface area contributed by atoms with Gasteiger partial charge in [0, 0.05) is 24.2 Å². The van der Waals surface area contributed by atoms with Gasteiger partial charge in [-0.1, -0.05) is 18.5 Å². The van der Waals surface area contributed by atoms with E-state index >= 15 is 0 Å². The van der Waals surface area contributed by atoms with Crippen molar-refractivity contribution in [1.29, 1.82) is 0 Å². The Balaban J connectivity index is 2.66. The van der Waals surface area contributed by atoms with E-state index in [9.17, 15) is 8.42 Å². The highest BCUT2D eigenvalue weighted by Gasteiger charge is 2.32. The number of aromatic nitrogens is 2. The summed E-state index contributed by atoms with van der Waals surface area (Å²) in [6.45, 7) is 5.87. The average Bonchev–Trinajstić information content (AvgIpc) is 2.75. The molecule has 2 aromatic rings. The van der Waals surface area contributed by atoms with Crippen LogP contribution in [0.2, 0.25) is 5.15 Å². The first-order chi connectivity index (χ1) is 8.39. The predicted molar refractivity (Wildman–Crippen MR) is 72.8 cm³/mol. The van der Waals surface area contributed by atoms with E-state index in [4.69, 9.17) is 11.6 Å². The number of hydrogen-bond donors (Lipinski definition) is 0. The summed E-state index contributed by atoms with van der Waals surface area (Å²) in [6.07, 6.45) is 1.67. The third kappa shape index (κ3) is 2.05. The average molecular weight is 308 g/mol. The fourth-order valence-electron chi connectivity index (χ4n) is 1.89. The van der Waals surface area contributed by atoms with Crippen LogP contribution in [0.4, 0.5) is 0 Å². The number of hydrogen-bond acceptors (Lipinski definition) is 4. The molecule has 18 heavy (non-hydrogen) atoms. The molecule has 0 saturated heterocycles. The van der Waals surface area contributed by atoms with Crippen molar-refractivity contribution in [2.24, 2.45) is 0 Å². The summed E-state index contributed by atoms with van der Waals surface area (Å²) in [7, 11) is -3.63. The summed E-state index contributed by atoms with van der Waals surface area (Å²) in [4.78, 5) is 4.64. The van der Waals surface area contributed by atoms with Crippen LogP contribution in [0.15, 0.2) is 16.6 Å². The van der Waals surface area contributed by atoms with Gasteiger partial charge in [0.2, 0.25) is 0 Å². The lowest BCUT2D eigenvalue weighted by atomic mass is 10.4. The van der Waals surface area contributed by atoms with E-state index < -0.39 is 10.0 Å². The largest absolute Gasteiger partial charge is 0.279 e. The highest BCUT2D eigenvalue weighted by Crippen LogP contribution is 2.28. The second-order valence-electron chi connectivity index (χ2n) is 4.07. The fraction of sp³-hybridized carbons (Fsp3) is 0.500. The van der Waals surface area contributed by atoms with Gasteiger partial charge >= 0.3 is 0 Å². The van der Waals surface area contributed by atoms with E-state index in [-0.39, 0.29) is 16.2 Å². The molecule has 100 valence electrons. The minimum absolute atomic E-state index is 0.0287. The summed E-state index contributed by atoms with van der Waals surface area (Å²) < 4.78 is 28.1. The Morgan fingerprint density at radius 1 is 1.56 bits per heavy atom. The lowest BCUT2D eigenvalue weighted by Gasteiger charge is -2.23. The van der Waals surface area contributed by atoms with Crippen molar-refractivity contribution in [2.45, 2.75) is 31.8 Å². The summed E-state index contributed by atoms with van der Waals surface area (Å²) in [5.74, 6) is 0.